The number of hydrogen-bond acceptors (Lipinski definition) is 9. The van der Waals surface area contributed by atoms with Gasteiger partial charge < -0.3 is 14.8 Å². The van der Waals surface area contributed by atoms with E-state index in [4.69, 9.17) is 5.73 Å². The molecule has 17 heteroatoms. The number of nitrogens with zero attached hydrogens (tertiary/aromatic N) is 2. The number of hydrogen-bond donors (Lipinski definition) is 3. The van der Waals surface area contributed by atoms with Gasteiger partial charge in [0.2, 0.25) is 5.91 Å². The fraction of sp³-hybridized carbons (Fsp3) is 0.733. The Bertz CT molecular complexity index is 913. The van der Waals surface area contributed by atoms with Crippen molar-refractivity contribution < 1.29 is 49.2 Å². The lowest BCUT2D eigenvalue weighted by molar-refractivity contribution is -0.191. The highest BCUT2D eigenvalue weighted by Gasteiger charge is 2.51. The number of amides is 4. The van der Waals surface area contributed by atoms with E-state index in [1.165, 1.54) is 0 Å². The number of urea groups is 1. The molecule has 0 aromatic rings. The molecule has 32 heavy (non-hydrogen) atoms. The van der Waals surface area contributed by atoms with Crippen molar-refractivity contribution in [3.63, 3.8) is 0 Å². The summed E-state index contributed by atoms with van der Waals surface area (Å²) in [6, 6.07) is -3.49. The highest BCUT2D eigenvalue weighted by molar-refractivity contribution is 7.82. The maximum absolute atomic E-state index is 12.5. The SMILES string of the molecule is N[C@@H]1CCC[C@H]1C(=O)NNC(=O)[C@@H]1CC[C@@H]2CN1C(=O)N2OS(=O)(=O)OC(=O)C(F)(F)F. The van der Waals surface area contributed by atoms with Gasteiger partial charge in [-0.15, -0.1) is 4.28 Å². The van der Waals surface area contributed by atoms with Gasteiger partial charge in [-0.25, -0.2) is 9.59 Å². The third kappa shape index (κ3) is 5.04. The molecule has 2 heterocycles. The van der Waals surface area contributed by atoms with E-state index >= 15 is 0 Å². The number of rotatable bonds is 5. The average molecular weight is 487 g/mol. The summed E-state index contributed by atoms with van der Waals surface area (Å²) in [5.74, 6) is -4.74. The second-order valence-corrected chi connectivity index (χ2v) is 8.67. The molecule has 2 saturated heterocycles. The van der Waals surface area contributed by atoms with Crippen LogP contribution in [-0.4, -0.2) is 73.0 Å². The zero-order valence-electron chi connectivity index (χ0n) is 16.3. The van der Waals surface area contributed by atoms with Gasteiger partial charge in [-0.1, -0.05) is 6.42 Å². The predicted molar refractivity (Wildman–Crippen MR) is 94.5 cm³/mol. The number of fused-ring (bicyclic) bond motifs is 2. The third-order valence-corrected chi connectivity index (χ3v) is 6.12. The van der Waals surface area contributed by atoms with Gasteiger partial charge in [-0.3, -0.25) is 20.4 Å². The van der Waals surface area contributed by atoms with Crippen molar-refractivity contribution in [2.24, 2.45) is 11.7 Å². The number of alkyl halides is 3. The lowest BCUT2D eigenvalue weighted by atomic mass is 10.0. The van der Waals surface area contributed by atoms with Crippen LogP contribution in [0.5, 0.6) is 0 Å². The first kappa shape index (κ1) is 24.0. The van der Waals surface area contributed by atoms with E-state index in [1.807, 2.05) is 0 Å². The number of nitrogens with one attached hydrogen (secondary N) is 2. The highest BCUT2D eigenvalue weighted by atomic mass is 32.3. The van der Waals surface area contributed by atoms with E-state index in [2.05, 4.69) is 19.3 Å². The van der Waals surface area contributed by atoms with Crippen LogP contribution in [-0.2, 0) is 33.2 Å². The summed E-state index contributed by atoms with van der Waals surface area (Å²) in [5, 5.41) is 0.238. The summed E-state index contributed by atoms with van der Waals surface area (Å²) in [6.45, 7) is -0.179. The molecule has 4 N–H and O–H groups in total. The summed E-state index contributed by atoms with van der Waals surface area (Å²) in [7, 11) is -5.55. The molecule has 4 atom stereocenters. The number of halogens is 3. The number of carbonyl (C=O) groups is 4. The molecule has 0 spiro atoms. The van der Waals surface area contributed by atoms with Gasteiger partial charge >= 0.3 is 28.6 Å². The van der Waals surface area contributed by atoms with E-state index in [0.29, 0.717) is 12.8 Å². The molecule has 0 radical (unpaired) electrons. The van der Waals surface area contributed by atoms with E-state index in [-0.39, 0.29) is 30.5 Å². The highest BCUT2D eigenvalue weighted by Crippen LogP contribution is 2.31. The Hall–Kier alpha value is -2.66. The van der Waals surface area contributed by atoms with Gasteiger partial charge in [0, 0.05) is 12.6 Å². The summed E-state index contributed by atoms with van der Waals surface area (Å²) in [6.07, 6.45) is -3.49. The number of piperidine rings is 1. The van der Waals surface area contributed by atoms with Crippen molar-refractivity contribution in [3.05, 3.63) is 0 Å². The molecule has 0 aromatic carbocycles. The molecule has 3 rings (SSSR count). The second kappa shape index (κ2) is 8.70. The van der Waals surface area contributed by atoms with Gasteiger partial charge in [-0.2, -0.15) is 26.7 Å². The minimum absolute atomic E-state index is 0.0449. The summed E-state index contributed by atoms with van der Waals surface area (Å²) in [5.41, 5.74) is 10.3. The van der Waals surface area contributed by atoms with Crippen LogP contribution in [0, 0.1) is 5.92 Å². The van der Waals surface area contributed by atoms with Gasteiger partial charge in [0.05, 0.1) is 12.0 Å². The van der Waals surface area contributed by atoms with Crippen molar-refractivity contribution in [2.75, 3.05) is 6.54 Å². The second-order valence-electron chi connectivity index (χ2n) is 7.54. The first-order valence-electron chi connectivity index (χ1n) is 9.50. The zero-order valence-corrected chi connectivity index (χ0v) is 17.1. The maximum atomic E-state index is 12.5. The van der Waals surface area contributed by atoms with Crippen LogP contribution in [0.4, 0.5) is 18.0 Å². The topological polar surface area (TPSA) is 177 Å². The molecule has 1 aliphatic carbocycles. The first-order chi connectivity index (χ1) is 14.8. The minimum atomic E-state index is -5.60. The Morgan fingerprint density at radius 2 is 1.72 bits per heavy atom. The summed E-state index contributed by atoms with van der Waals surface area (Å²) >= 11 is 0. The third-order valence-electron chi connectivity index (χ3n) is 5.42. The van der Waals surface area contributed by atoms with Crippen LogP contribution in [0.3, 0.4) is 0 Å². The van der Waals surface area contributed by atoms with Gasteiger partial charge in [0.15, 0.2) is 0 Å². The van der Waals surface area contributed by atoms with Crippen molar-refractivity contribution >= 4 is 34.2 Å². The van der Waals surface area contributed by atoms with Gasteiger partial charge in [0.25, 0.3) is 5.91 Å². The van der Waals surface area contributed by atoms with Crippen LogP contribution < -0.4 is 16.6 Å². The average Bonchev–Trinajstić information content (AvgIpc) is 3.22. The van der Waals surface area contributed by atoms with E-state index < -0.39 is 58.4 Å². The van der Waals surface area contributed by atoms with Crippen LogP contribution in [0.25, 0.3) is 0 Å². The summed E-state index contributed by atoms with van der Waals surface area (Å²) < 4.78 is 67.4. The normalized spacial score (nSPS) is 27.9. The Kier molecular flexibility index (Phi) is 6.52. The Labute approximate surface area is 179 Å². The molecule has 13 nitrogen and oxygen atoms in total. The van der Waals surface area contributed by atoms with E-state index in [1.54, 1.807) is 0 Å². The Morgan fingerprint density at radius 3 is 2.31 bits per heavy atom. The molecule has 1 saturated carbocycles. The van der Waals surface area contributed by atoms with Crippen molar-refractivity contribution in [2.45, 2.75) is 56.4 Å². The fourth-order valence-corrected chi connectivity index (χ4v) is 4.56. The number of nitrogens with two attached hydrogens (primary N) is 1. The van der Waals surface area contributed by atoms with Gasteiger partial charge in [-0.05, 0) is 25.7 Å². The molecule has 3 fully saturated rings. The van der Waals surface area contributed by atoms with E-state index in [0.717, 1.165) is 11.3 Å². The van der Waals surface area contributed by atoms with Crippen LogP contribution in [0.1, 0.15) is 32.1 Å². The molecule has 0 aromatic heterocycles. The lowest BCUT2D eigenvalue weighted by Gasteiger charge is -2.29. The molecular weight excluding hydrogens is 467 g/mol. The van der Waals surface area contributed by atoms with E-state index in [9.17, 15) is 40.8 Å². The molecule has 2 aliphatic heterocycles. The molecule has 0 unspecified atom stereocenters. The van der Waals surface area contributed by atoms with Crippen LogP contribution in [0.15, 0.2) is 0 Å². The number of carbonyl (C=O) groups excluding carboxylic acids is 4. The van der Waals surface area contributed by atoms with Crippen molar-refractivity contribution in [1.29, 1.82) is 0 Å². The smallest absolute Gasteiger partial charge is 0.327 e. The molecule has 4 amide bonds. The van der Waals surface area contributed by atoms with Crippen molar-refractivity contribution in [3.8, 4) is 0 Å². The fourth-order valence-electron chi connectivity index (χ4n) is 3.87. The molecule has 180 valence electrons. The molecule has 3 aliphatic rings. The van der Waals surface area contributed by atoms with Crippen LogP contribution in [0.2, 0.25) is 0 Å². The first-order valence-corrected chi connectivity index (χ1v) is 10.8. The Balaban J connectivity index is 1.58. The van der Waals surface area contributed by atoms with Crippen LogP contribution >= 0.6 is 0 Å². The predicted octanol–water partition coefficient (Wildman–Crippen LogP) is -1.19. The standard InChI is InChI=1S/C15H20F3N5O8S/c16-15(17,18)13(26)30-32(28,29)31-23-7-4-5-10(22(6-7)14(23)27)12(25)21-20-11(24)8-2-1-3-9(8)19/h7-10H,1-6,19H2,(H,20,24)(H,21,25)/t7-,8-,9-,10+/m1/s1. The quantitative estimate of drug-likeness (QED) is 0.402. The van der Waals surface area contributed by atoms with Crippen molar-refractivity contribution in [1.82, 2.24) is 20.8 Å². The number of hydroxylamine groups is 2. The van der Waals surface area contributed by atoms with Gasteiger partial charge in [0.1, 0.15) is 6.04 Å². The molecule has 2 bridgehead atoms. The minimum Gasteiger partial charge on any atom is -0.327 e. The Morgan fingerprint density at radius 1 is 1.06 bits per heavy atom. The monoisotopic (exact) mass is 487 g/mol. The largest absolute Gasteiger partial charge is 0.492 e. The lowest BCUT2D eigenvalue weighted by Crippen LogP contribution is -2.55. The zero-order chi connectivity index (χ0) is 23.8. The number of hydrazine groups is 1. The maximum Gasteiger partial charge on any atom is 0.492 e. The molecular formula is C15H20F3N5O8S. The summed E-state index contributed by atoms with van der Waals surface area (Å²) in [4.78, 5) is 48.7.